The molecule has 1 N–H and O–H groups in total. The molecule has 1 radical (unpaired) electrons. The first-order valence-corrected chi connectivity index (χ1v) is 10.0. The molecule has 2 unspecified atom stereocenters. The van der Waals surface area contributed by atoms with Crippen LogP contribution in [0.1, 0.15) is 28.7 Å². The predicted molar refractivity (Wildman–Crippen MR) is 112 cm³/mol. The van der Waals surface area contributed by atoms with Crippen molar-refractivity contribution in [2.24, 2.45) is 0 Å². The van der Waals surface area contributed by atoms with Gasteiger partial charge in [-0.15, -0.1) is 11.3 Å². The number of thiophene rings is 1. The van der Waals surface area contributed by atoms with Crippen LogP contribution in [-0.4, -0.2) is 20.8 Å². The largest absolute Gasteiger partial charge is 0.493 e. The summed E-state index contributed by atoms with van der Waals surface area (Å²) in [5, 5.41) is 5.80. The highest BCUT2D eigenvalue weighted by Crippen LogP contribution is 2.42. The van der Waals surface area contributed by atoms with Crippen LogP contribution in [0.15, 0.2) is 53.9 Å². The Hall–Kier alpha value is -2.30. The van der Waals surface area contributed by atoms with E-state index in [2.05, 4.69) is 66.2 Å². The van der Waals surface area contributed by atoms with Gasteiger partial charge in [0.25, 0.3) is 0 Å². The van der Waals surface area contributed by atoms with Crippen LogP contribution < -0.4 is 14.8 Å². The first-order valence-electron chi connectivity index (χ1n) is 9.17. The fraction of sp³-hybridized carbons (Fsp3) is 0.261. The van der Waals surface area contributed by atoms with Crippen molar-refractivity contribution >= 4 is 11.3 Å². The Morgan fingerprint density at radius 3 is 2.59 bits per heavy atom. The van der Waals surface area contributed by atoms with Crippen LogP contribution in [0, 0.1) is 6.92 Å². The lowest BCUT2D eigenvalue weighted by Crippen LogP contribution is -2.33. The van der Waals surface area contributed by atoms with E-state index in [4.69, 9.17) is 9.47 Å². The molecule has 0 bridgehead atoms. The van der Waals surface area contributed by atoms with E-state index in [0.717, 1.165) is 24.5 Å². The van der Waals surface area contributed by atoms with Gasteiger partial charge in [-0.25, -0.2) is 0 Å². The minimum Gasteiger partial charge on any atom is -0.493 e. The normalized spacial score (nSPS) is 17.2. The topological polar surface area (TPSA) is 30.5 Å². The Morgan fingerprint density at radius 2 is 1.85 bits per heavy atom. The monoisotopic (exact) mass is 378 g/mol. The van der Waals surface area contributed by atoms with Gasteiger partial charge in [0.15, 0.2) is 11.5 Å². The van der Waals surface area contributed by atoms with Crippen molar-refractivity contribution in [1.29, 1.82) is 0 Å². The van der Waals surface area contributed by atoms with E-state index in [1.54, 1.807) is 25.6 Å². The summed E-state index contributed by atoms with van der Waals surface area (Å²) < 4.78 is 11.0. The average Bonchev–Trinajstić information content (AvgIpc) is 3.26. The molecule has 27 heavy (non-hydrogen) atoms. The third kappa shape index (κ3) is 3.35. The number of nitrogens with one attached hydrogen (secondary N) is 1. The predicted octanol–water partition coefficient (Wildman–Crippen LogP) is 5.24. The lowest BCUT2D eigenvalue weighted by molar-refractivity contribution is 0.351. The maximum absolute atomic E-state index is 5.55. The van der Waals surface area contributed by atoms with Gasteiger partial charge in [-0.1, -0.05) is 30.3 Å². The molecule has 4 heteroatoms. The fourth-order valence-electron chi connectivity index (χ4n) is 3.93. The van der Waals surface area contributed by atoms with Crippen molar-refractivity contribution in [2.45, 2.75) is 18.4 Å². The Balaban J connectivity index is 1.76. The lowest BCUT2D eigenvalue weighted by Gasteiger charge is -2.33. The summed E-state index contributed by atoms with van der Waals surface area (Å²) in [6.07, 6.45) is 0.978. The van der Waals surface area contributed by atoms with E-state index < -0.39 is 0 Å². The van der Waals surface area contributed by atoms with E-state index in [9.17, 15) is 0 Å². The first kappa shape index (κ1) is 18.1. The maximum Gasteiger partial charge on any atom is 0.161 e. The SMILES string of the molecule is [CH2]C(c1ccccc1-c1cccs1)C1NCCc2cc(OC)c(OC)cc21. The van der Waals surface area contributed by atoms with E-state index in [1.165, 1.54) is 27.1 Å². The summed E-state index contributed by atoms with van der Waals surface area (Å²) in [7, 11) is 3.37. The molecule has 2 aromatic carbocycles. The molecule has 1 aliphatic heterocycles. The summed E-state index contributed by atoms with van der Waals surface area (Å²) in [5.74, 6) is 1.64. The molecule has 0 spiro atoms. The number of hydrogen-bond donors (Lipinski definition) is 1. The van der Waals surface area contributed by atoms with Crippen molar-refractivity contribution in [3.8, 4) is 21.9 Å². The third-order valence-corrected chi connectivity index (χ3v) is 6.19. The molecular weight excluding hydrogens is 354 g/mol. The average molecular weight is 379 g/mol. The summed E-state index contributed by atoms with van der Waals surface area (Å²) in [4.78, 5) is 1.28. The lowest BCUT2D eigenvalue weighted by atomic mass is 9.81. The second-order valence-electron chi connectivity index (χ2n) is 6.76. The fourth-order valence-corrected chi connectivity index (χ4v) is 4.70. The third-order valence-electron chi connectivity index (χ3n) is 5.29. The molecule has 0 saturated carbocycles. The molecule has 3 nitrogen and oxygen atoms in total. The van der Waals surface area contributed by atoms with Crippen LogP contribution in [0.4, 0.5) is 0 Å². The van der Waals surface area contributed by atoms with Crippen LogP contribution in [-0.2, 0) is 6.42 Å². The molecule has 2 atom stereocenters. The number of hydrogen-bond acceptors (Lipinski definition) is 4. The van der Waals surface area contributed by atoms with E-state index in [-0.39, 0.29) is 12.0 Å². The van der Waals surface area contributed by atoms with E-state index >= 15 is 0 Å². The summed E-state index contributed by atoms with van der Waals surface area (Å²) >= 11 is 1.77. The number of methoxy groups -OCH3 is 2. The second-order valence-corrected chi connectivity index (χ2v) is 7.71. The van der Waals surface area contributed by atoms with Crippen molar-refractivity contribution < 1.29 is 9.47 Å². The number of benzene rings is 2. The second kappa shape index (κ2) is 7.75. The quantitative estimate of drug-likeness (QED) is 0.659. The Morgan fingerprint density at radius 1 is 1.07 bits per heavy atom. The van der Waals surface area contributed by atoms with Crippen LogP contribution >= 0.6 is 11.3 Å². The maximum atomic E-state index is 5.55. The number of ether oxygens (including phenoxy) is 2. The van der Waals surface area contributed by atoms with Gasteiger partial charge in [0.1, 0.15) is 0 Å². The van der Waals surface area contributed by atoms with Gasteiger partial charge in [-0.2, -0.15) is 0 Å². The zero-order valence-corrected chi connectivity index (χ0v) is 16.5. The van der Waals surface area contributed by atoms with Crippen molar-refractivity contribution in [3.63, 3.8) is 0 Å². The van der Waals surface area contributed by atoms with Gasteiger partial charge in [-0.05, 0) is 65.7 Å². The highest BCUT2D eigenvalue weighted by atomic mass is 32.1. The van der Waals surface area contributed by atoms with Crippen molar-refractivity contribution in [3.05, 3.63) is 77.5 Å². The molecular formula is C23H24NO2S. The van der Waals surface area contributed by atoms with Gasteiger partial charge in [0, 0.05) is 16.8 Å². The molecule has 0 aliphatic carbocycles. The number of fused-ring (bicyclic) bond motifs is 1. The van der Waals surface area contributed by atoms with Gasteiger partial charge >= 0.3 is 0 Å². The Kier molecular flexibility index (Phi) is 5.19. The molecule has 0 amide bonds. The minimum atomic E-state index is 0.0838. The zero-order valence-electron chi connectivity index (χ0n) is 15.7. The van der Waals surface area contributed by atoms with Crippen LogP contribution in [0.3, 0.4) is 0 Å². The highest BCUT2D eigenvalue weighted by molar-refractivity contribution is 7.13. The van der Waals surface area contributed by atoms with Crippen molar-refractivity contribution in [1.82, 2.24) is 5.32 Å². The van der Waals surface area contributed by atoms with Crippen LogP contribution in [0.5, 0.6) is 11.5 Å². The zero-order chi connectivity index (χ0) is 18.8. The molecule has 2 heterocycles. The van der Waals surface area contributed by atoms with Crippen LogP contribution in [0.25, 0.3) is 10.4 Å². The Labute approximate surface area is 165 Å². The molecule has 1 aromatic heterocycles. The molecule has 0 saturated heterocycles. The smallest absolute Gasteiger partial charge is 0.161 e. The van der Waals surface area contributed by atoms with Gasteiger partial charge < -0.3 is 14.8 Å². The minimum absolute atomic E-state index is 0.0838. The summed E-state index contributed by atoms with van der Waals surface area (Å²) in [5.41, 5.74) is 5.08. The molecule has 4 rings (SSSR count). The molecule has 3 aromatic rings. The van der Waals surface area contributed by atoms with Gasteiger partial charge in [-0.3, -0.25) is 0 Å². The molecule has 139 valence electrons. The summed E-state index contributed by atoms with van der Waals surface area (Å²) in [6, 6.07) is 17.2. The molecule has 0 fully saturated rings. The van der Waals surface area contributed by atoms with Crippen LogP contribution in [0.2, 0.25) is 0 Å². The van der Waals surface area contributed by atoms with E-state index in [0.29, 0.717) is 0 Å². The van der Waals surface area contributed by atoms with Crippen molar-refractivity contribution in [2.75, 3.05) is 20.8 Å². The van der Waals surface area contributed by atoms with Gasteiger partial charge in [0.2, 0.25) is 0 Å². The van der Waals surface area contributed by atoms with E-state index in [1.807, 2.05) is 0 Å². The van der Waals surface area contributed by atoms with Gasteiger partial charge in [0.05, 0.1) is 14.2 Å². The standard InChI is InChI=1S/C23H24NO2S/c1-15(17-7-4-5-8-18(17)22-9-6-12-27-22)23-19-14-21(26-3)20(25-2)13-16(19)10-11-24-23/h4-9,12-15,23-24H,1,10-11H2,2-3H3. The first-order chi connectivity index (χ1) is 13.2. The summed E-state index contributed by atoms with van der Waals surface area (Å²) in [6.45, 7) is 5.50. The highest BCUT2D eigenvalue weighted by Gasteiger charge is 2.29. The number of rotatable bonds is 5. The Bertz CT molecular complexity index is 920. The molecule has 1 aliphatic rings.